The second-order valence-electron chi connectivity index (χ2n) is 6.13. The maximum Gasteiger partial charge on any atom is 0.374 e. The highest BCUT2D eigenvalue weighted by Gasteiger charge is 2.16. The van der Waals surface area contributed by atoms with Crippen LogP contribution in [0, 0.1) is 0 Å². The molecular weight excluding hydrogens is 334 g/mol. The van der Waals surface area contributed by atoms with Crippen molar-refractivity contribution >= 4 is 17.7 Å². The molecule has 0 radical (unpaired) electrons. The molecule has 6 nitrogen and oxygen atoms in total. The van der Waals surface area contributed by atoms with E-state index in [9.17, 15) is 14.4 Å². The Morgan fingerprint density at radius 2 is 1.81 bits per heavy atom. The lowest BCUT2D eigenvalue weighted by Crippen LogP contribution is -2.35. The van der Waals surface area contributed by atoms with Gasteiger partial charge in [0, 0.05) is 17.2 Å². The molecule has 2 aromatic rings. The van der Waals surface area contributed by atoms with Gasteiger partial charge in [0.2, 0.25) is 5.76 Å². The average molecular weight is 357 g/mol. The molecule has 0 aliphatic rings. The Labute approximate surface area is 152 Å². The fraction of sp³-hybridized carbons (Fsp3) is 0.350. The van der Waals surface area contributed by atoms with Crippen LogP contribution in [0.1, 0.15) is 54.5 Å². The van der Waals surface area contributed by atoms with Gasteiger partial charge < -0.3 is 14.5 Å². The Balaban J connectivity index is 1.93. The first-order valence-electron chi connectivity index (χ1n) is 8.58. The van der Waals surface area contributed by atoms with Crippen molar-refractivity contribution in [2.75, 3.05) is 6.61 Å². The molecule has 1 aromatic carbocycles. The number of rotatable bonds is 8. The second kappa shape index (κ2) is 8.99. The van der Waals surface area contributed by atoms with Gasteiger partial charge in [-0.05, 0) is 32.4 Å². The van der Waals surface area contributed by atoms with Crippen molar-refractivity contribution in [1.29, 1.82) is 0 Å². The Bertz CT molecular complexity index is 776. The largest absolute Gasteiger partial charge is 0.450 e. The molecule has 0 bridgehead atoms. The van der Waals surface area contributed by atoms with Crippen LogP contribution in [-0.4, -0.2) is 30.3 Å². The van der Waals surface area contributed by atoms with Crippen molar-refractivity contribution < 1.29 is 23.5 Å². The molecule has 0 saturated heterocycles. The van der Waals surface area contributed by atoms with E-state index in [-0.39, 0.29) is 30.1 Å². The molecule has 0 fully saturated rings. The third-order valence-electron chi connectivity index (χ3n) is 3.85. The minimum Gasteiger partial charge on any atom is -0.450 e. The molecule has 1 atom stereocenters. The smallest absolute Gasteiger partial charge is 0.374 e. The predicted octanol–water partition coefficient (Wildman–Crippen LogP) is 3.61. The van der Waals surface area contributed by atoms with Crippen LogP contribution < -0.4 is 5.32 Å². The fourth-order valence-electron chi connectivity index (χ4n) is 2.50. The molecule has 0 aliphatic heterocycles. The van der Waals surface area contributed by atoms with Gasteiger partial charge in [0.25, 0.3) is 5.91 Å². The highest BCUT2D eigenvalue weighted by molar-refractivity contribution is 5.94. The summed E-state index contributed by atoms with van der Waals surface area (Å²) in [4.78, 5) is 35.0. The molecule has 1 aromatic heterocycles. The Morgan fingerprint density at radius 3 is 2.42 bits per heavy atom. The van der Waals surface area contributed by atoms with Crippen molar-refractivity contribution in [2.24, 2.45) is 0 Å². The molecule has 2 rings (SSSR count). The number of benzene rings is 1. The Kier molecular flexibility index (Phi) is 6.72. The number of ketones is 1. The van der Waals surface area contributed by atoms with Gasteiger partial charge in [-0.1, -0.05) is 37.6 Å². The van der Waals surface area contributed by atoms with Crippen molar-refractivity contribution in [2.45, 2.75) is 39.7 Å². The Hall–Kier alpha value is -2.89. The number of furan rings is 1. The Morgan fingerprint density at radius 1 is 1.12 bits per heavy atom. The zero-order valence-electron chi connectivity index (χ0n) is 15.2. The van der Waals surface area contributed by atoms with Gasteiger partial charge >= 0.3 is 5.97 Å². The molecule has 26 heavy (non-hydrogen) atoms. The molecule has 0 aliphatic carbocycles. The summed E-state index contributed by atoms with van der Waals surface area (Å²) in [7, 11) is 0. The molecule has 138 valence electrons. The van der Waals surface area contributed by atoms with Crippen LogP contribution in [0.2, 0.25) is 0 Å². The number of carbonyl (C=O) groups excluding carboxylic acids is 3. The number of hydrogen-bond acceptors (Lipinski definition) is 5. The number of amides is 1. The van der Waals surface area contributed by atoms with Gasteiger partial charge in [-0.3, -0.25) is 9.59 Å². The zero-order chi connectivity index (χ0) is 19.1. The summed E-state index contributed by atoms with van der Waals surface area (Å²) in [6, 6.07) is 10.1. The van der Waals surface area contributed by atoms with Crippen LogP contribution >= 0.6 is 0 Å². The summed E-state index contributed by atoms with van der Waals surface area (Å²) < 4.78 is 10.5. The lowest BCUT2D eigenvalue weighted by molar-refractivity contribution is -0.124. The molecule has 1 unspecified atom stereocenters. The van der Waals surface area contributed by atoms with Gasteiger partial charge in [0.15, 0.2) is 12.4 Å². The first kappa shape index (κ1) is 19.4. The molecule has 0 saturated carbocycles. The minimum absolute atomic E-state index is 0.0186. The van der Waals surface area contributed by atoms with Gasteiger partial charge in [-0.15, -0.1) is 0 Å². The number of hydrogen-bond donors (Lipinski definition) is 1. The molecule has 1 heterocycles. The summed E-state index contributed by atoms with van der Waals surface area (Å²) in [6.45, 7) is 5.08. The molecular formula is C20H23NO5. The molecule has 0 spiro atoms. The topological polar surface area (TPSA) is 85.6 Å². The van der Waals surface area contributed by atoms with Gasteiger partial charge in [0.1, 0.15) is 5.76 Å². The first-order valence-corrected chi connectivity index (χ1v) is 8.58. The number of ether oxygens (including phenoxy) is 1. The van der Waals surface area contributed by atoms with Crippen molar-refractivity contribution in [3.63, 3.8) is 0 Å². The normalized spacial score (nSPS) is 11.7. The van der Waals surface area contributed by atoms with Crippen LogP contribution in [0.5, 0.6) is 0 Å². The van der Waals surface area contributed by atoms with Crippen LogP contribution in [-0.2, 0) is 9.53 Å². The van der Waals surface area contributed by atoms with E-state index in [0.717, 1.165) is 18.4 Å². The van der Waals surface area contributed by atoms with E-state index in [4.69, 9.17) is 9.15 Å². The number of nitrogens with one attached hydrogen (secondary N) is 1. The van der Waals surface area contributed by atoms with Crippen LogP contribution in [0.15, 0.2) is 40.8 Å². The number of carbonyl (C=O) groups is 3. The summed E-state index contributed by atoms with van der Waals surface area (Å²) in [6.07, 6.45) is 1.83. The van der Waals surface area contributed by atoms with E-state index in [1.54, 1.807) is 30.3 Å². The maximum absolute atomic E-state index is 12.0. The highest BCUT2D eigenvalue weighted by Crippen LogP contribution is 2.23. The summed E-state index contributed by atoms with van der Waals surface area (Å²) >= 11 is 0. The SMILES string of the molecule is CCCC(C)NC(=O)COC(=O)c1ccc(-c2ccc(C(C)=O)cc2)o1. The van der Waals surface area contributed by atoms with E-state index in [2.05, 4.69) is 5.32 Å². The van der Waals surface area contributed by atoms with Crippen LogP contribution in [0.25, 0.3) is 11.3 Å². The van der Waals surface area contributed by atoms with Crippen molar-refractivity contribution in [1.82, 2.24) is 5.32 Å². The van der Waals surface area contributed by atoms with Gasteiger partial charge in [-0.25, -0.2) is 4.79 Å². The second-order valence-corrected chi connectivity index (χ2v) is 6.13. The summed E-state index contributed by atoms with van der Waals surface area (Å²) in [5.74, 6) is -0.564. The average Bonchev–Trinajstić information content (AvgIpc) is 3.10. The number of Topliss-reactive ketones (excluding diaryl/α,β-unsaturated/α-hetero) is 1. The monoisotopic (exact) mass is 357 g/mol. The van der Waals surface area contributed by atoms with Gasteiger partial charge in [-0.2, -0.15) is 0 Å². The van der Waals surface area contributed by atoms with Crippen molar-refractivity contribution in [3.05, 3.63) is 47.7 Å². The van der Waals surface area contributed by atoms with E-state index < -0.39 is 5.97 Å². The quantitative estimate of drug-likeness (QED) is 0.576. The van der Waals surface area contributed by atoms with Crippen molar-refractivity contribution in [3.8, 4) is 11.3 Å². The summed E-state index contributed by atoms with van der Waals surface area (Å²) in [5.41, 5.74) is 1.34. The van der Waals surface area contributed by atoms with E-state index in [1.165, 1.54) is 13.0 Å². The maximum atomic E-state index is 12.0. The fourth-order valence-corrected chi connectivity index (χ4v) is 2.50. The third-order valence-corrected chi connectivity index (χ3v) is 3.85. The minimum atomic E-state index is -0.699. The van der Waals surface area contributed by atoms with E-state index >= 15 is 0 Å². The lowest BCUT2D eigenvalue weighted by atomic mass is 10.1. The molecule has 1 N–H and O–H groups in total. The van der Waals surface area contributed by atoms with E-state index in [1.807, 2.05) is 13.8 Å². The van der Waals surface area contributed by atoms with Crippen LogP contribution in [0.3, 0.4) is 0 Å². The number of esters is 1. The summed E-state index contributed by atoms with van der Waals surface area (Å²) in [5, 5.41) is 2.76. The van der Waals surface area contributed by atoms with E-state index in [0.29, 0.717) is 11.3 Å². The van der Waals surface area contributed by atoms with Crippen LogP contribution in [0.4, 0.5) is 0 Å². The highest BCUT2D eigenvalue weighted by atomic mass is 16.5. The standard InChI is InChI=1S/C20H23NO5/c1-4-5-13(2)21-19(23)12-25-20(24)18-11-10-17(26-18)16-8-6-15(7-9-16)14(3)22/h6-11,13H,4-5,12H2,1-3H3,(H,21,23). The van der Waals surface area contributed by atoms with Gasteiger partial charge in [0.05, 0.1) is 0 Å². The lowest BCUT2D eigenvalue weighted by Gasteiger charge is -2.12. The first-order chi connectivity index (χ1) is 12.4. The third kappa shape index (κ3) is 5.31. The molecule has 6 heteroatoms. The predicted molar refractivity (Wildman–Crippen MR) is 96.9 cm³/mol. The zero-order valence-corrected chi connectivity index (χ0v) is 15.2. The molecule has 1 amide bonds.